The van der Waals surface area contributed by atoms with Crippen LogP contribution in [-0.2, 0) is 0 Å². The molecule has 1 N–H and O–H groups in total. The van der Waals surface area contributed by atoms with E-state index < -0.39 is 18.8 Å². The molecule has 3 aromatic rings. The van der Waals surface area contributed by atoms with Crippen LogP contribution in [0.4, 0.5) is 18.9 Å². The molecule has 2 aromatic carbocycles. The fourth-order valence-corrected chi connectivity index (χ4v) is 4.65. The van der Waals surface area contributed by atoms with Gasteiger partial charge in [-0.15, -0.1) is 0 Å². The summed E-state index contributed by atoms with van der Waals surface area (Å²) in [6, 6.07) is 13.3. The molecular formula is C21H18ClF3N2O. The van der Waals surface area contributed by atoms with E-state index in [1.807, 2.05) is 37.3 Å². The molecule has 1 aliphatic heterocycles. The molecule has 4 rings (SSSR count). The van der Waals surface area contributed by atoms with E-state index in [2.05, 4.69) is 4.98 Å². The number of nitrogens with zero attached hydrogens (tertiary/aromatic N) is 1. The van der Waals surface area contributed by atoms with Crippen LogP contribution in [0, 0.1) is 0 Å². The molecule has 0 aliphatic carbocycles. The number of anilines is 1. The summed E-state index contributed by atoms with van der Waals surface area (Å²) < 4.78 is 40.4. The summed E-state index contributed by atoms with van der Waals surface area (Å²) in [6.45, 7) is 0.905. The zero-order valence-corrected chi connectivity index (χ0v) is 15.8. The number of rotatable bonds is 3. The standard InChI is InChI=1S/C21H18ClF3N2O/c1-2-13-18-16(9-8-15-19(18)14(22)10-17(28)26-15)27(11-21(23,24)25)20(13)12-6-4-3-5-7-12/h3-10,13,20H,2,11H2,1H3,(H,26,28). The van der Waals surface area contributed by atoms with Crippen LogP contribution < -0.4 is 10.5 Å². The van der Waals surface area contributed by atoms with Crippen LogP contribution >= 0.6 is 11.6 Å². The van der Waals surface area contributed by atoms with Gasteiger partial charge in [-0.05, 0) is 29.7 Å². The van der Waals surface area contributed by atoms with Gasteiger partial charge in [0.1, 0.15) is 6.54 Å². The number of hydrogen-bond donors (Lipinski definition) is 1. The number of alkyl halides is 3. The second-order valence-electron chi connectivity index (χ2n) is 7.02. The van der Waals surface area contributed by atoms with Gasteiger partial charge in [-0.1, -0.05) is 48.9 Å². The van der Waals surface area contributed by atoms with E-state index in [9.17, 15) is 18.0 Å². The lowest BCUT2D eigenvalue weighted by Gasteiger charge is -2.31. The molecule has 0 fully saturated rings. The largest absolute Gasteiger partial charge is 0.405 e. The van der Waals surface area contributed by atoms with E-state index in [-0.39, 0.29) is 16.5 Å². The molecule has 2 heterocycles. The van der Waals surface area contributed by atoms with Crippen molar-refractivity contribution in [3.63, 3.8) is 0 Å². The number of benzene rings is 2. The number of hydrogen-bond acceptors (Lipinski definition) is 2. The van der Waals surface area contributed by atoms with Crippen molar-refractivity contribution < 1.29 is 13.2 Å². The molecular weight excluding hydrogens is 389 g/mol. The van der Waals surface area contributed by atoms with Gasteiger partial charge in [0.25, 0.3) is 0 Å². The highest BCUT2D eigenvalue weighted by Gasteiger charge is 2.44. The lowest BCUT2D eigenvalue weighted by Crippen LogP contribution is -2.36. The van der Waals surface area contributed by atoms with Crippen LogP contribution in [0.25, 0.3) is 10.9 Å². The summed E-state index contributed by atoms with van der Waals surface area (Å²) in [6.07, 6.45) is -3.72. The zero-order chi connectivity index (χ0) is 20.1. The molecule has 3 nitrogen and oxygen atoms in total. The minimum atomic E-state index is -4.35. The Morgan fingerprint density at radius 3 is 2.50 bits per heavy atom. The van der Waals surface area contributed by atoms with Crippen molar-refractivity contribution in [3.05, 3.63) is 75.0 Å². The van der Waals surface area contributed by atoms with Crippen molar-refractivity contribution in [1.29, 1.82) is 0 Å². The van der Waals surface area contributed by atoms with Crippen LogP contribution in [-0.4, -0.2) is 17.7 Å². The molecule has 1 aromatic heterocycles. The summed E-state index contributed by atoms with van der Waals surface area (Å²) >= 11 is 6.38. The van der Waals surface area contributed by atoms with Crippen LogP contribution in [0.2, 0.25) is 5.02 Å². The number of aromatic amines is 1. The number of fused-ring (bicyclic) bond motifs is 3. The molecule has 0 amide bonds. The van der Waals surface area contributed by atoms with Crippen LogP contribution in [0.5, 0.6) is 0 Å². The van der Waals surface area contributed by atoms with Crippen LogP contribution in [0.1, 0.15) is 36.4 Å². The third-order valence-electron chi connectivity index (χ3n) is 5.30. The smallest absolute Gasteiger partial charge is 0.355 e. The van der Waals surface area contributed by atoms with Crippen molar-refractivity contribution in [3.8, 4) is 0 Å². The van der Waals surface area contributed by atoms with E-state index in [1.165, 1.54) is 11.0 Å². The monoisotopic (exact) mass is 406 g/mol. The molecule has 1 aliphatic rings. The molecule has 0 bridgehead atoms. The van der Waals surface area contributed by atoms with Gasteiger partial charge in [0, 0.05) is 23.1 Å². The van der Waals surface area contributed by atoms with Crippen molar-refractivity contribution in [2.75, 3.05) is 11.4 Å². The number of pyridine rings is 1. The highest BCUT2D eigenvalue weighted by molar-refractivity contribution is 6.35. The summed E-state index contributed by atoms with van der Waals surface area (Å²) in [5, 5.41) is 0.881. The number of halogens is 4. The fraction of sp³-hybridized carbons (Fsp3) is 0.286. The minimum absolute atomic E-state index is 0.188. The van der Waals surface area contributed by atoms with Crippen molar-refractivity contribution in [2.45, 2.75) is 31.5 Å². The van der Waals surface area contributed by atoms with E-state index >= 15 is 0 Å². The zero-order valence-electron chi connectivity index (χ0n) is 15.1. The van der Waals surface area contributed by atoms with Gasteiger partial charge in [0.05, 0.1) is 16.6 Å². The van der Waals surface area contributed by atoms with Crippen molar-refractivity contribution >= 4 is 28.2 Å². The maximum absolute atomic E-state index is 13.5. The maximum atomic E-state index is 13.5. The van der Waals surface area contributed by atoms with E-state index in [0.717, 1.165) is 11.1 Å². The molecule has 0 saturated heterocycles. The summed E-state index contributed by atoms with van der Waals surface area (Å²) in [4.78, 5) is 16.0. The Labute approximate surface area is 164 Å². The summed E-state index contributed by atoms with van der Waals surface area (Å²) in [7, 11) is 0. The molecule has 0 radical (unpaired) electrons. The van der Waals surface area contributed by atoms with E-state index in [4.69, 9.17) is 11.6 Å². The average Bonchev–Trinajstić information content (AvgIpc) is 2.93. The van der Waals surface area contributed by atoms with Gasteiger partial charge in [0.2, 0.25) is 5.56 Å². The molecule has 0 saturated carbocycles. The fourth-order valence-electron chi connectivity index (χ4n) is 4.34. The Kier molecular flexibility index (Phi) is 4.62. The summed E-state index contributed by atoms with van der Waals surface area (Å²) in [5.74, 6) is -0.188. The predicted molar refractivity (Wildman–Crippen MR) is 105 cm³/mol. The van der Waals surface area contributed by atoms with Crippen LogP contribution in [0.15, 0.2) is 53.3 Å². The van der Waals surface area contributed by atoms with Gasteiger partial charge >= 0.3 is 6.18 Å². The summed E-state index contributed by atoms with van der Waals surface area (Å²) in [5.41, 5.74) is 2.30. The molecule has 2 unspecified atom stereocenters. The quantitative estimate of drug-likeness (QED) is 0.596. The van der Waals surface area contributed by atoms with E-state index in [0.29, 0.717) is 23.0 Å². The normalized spacial score (nSPS) is 19.2. The van der Waals surface area contributed by atoms with Gasteiger partial charge in [-0.3, -0.25) is 4.79 Å². The second-order valence-corrected chi connectivity index (χ2v) is 7.42. The van der Waals surface area contributed by atoms with Crippen LogP contribution in [0.3, 0.4) is 0 Å². The first-order valence-corrected chi connectivity index (χ1v) is 9.41. The molecule has 7 heteroatoms. The number of nitrogens with one attached hydrogen (secondary N) is 1. The van der Waals surface area contributed by atoms with Gasteiger partial charge in [-0.25, -0.2) is 0 Å². The Balaban J connectivity index is 2.00. The molecule has 2 atom stereocenters. The van der Waals surface area contributed by atoms with Crippen molar-refractivity contribution in [1.82, 2.24) is 4.98 Å². The van der Waals surface area contributed by atoms with Gasteiger partial charge in [0.15, 0.2) is 0 Å². The highest BCUT2D eigenvalue weighted by Crippen LogP contribution is 2.54. The Hall–Kier alpha value is -2.47. The lowest BCUT2D eigenvalue weighted by atomic mass is 9.86. The molecule has 146 valence electrons. The number of aromatic nitrogens is 1. The number of H-pyrrole nitrogens is 1. The Morgan fingerprint density at radius 1 is 1.14 bits per heavy atom. The highest BCUT2D eigenvalue weighted by atomic mass is 35.5. The SMILES string of the molecule is CCC1c2c(ccc3[nH]c(=O)cc(Cl)c23)N(CC(F)(F)F)C1c1ccccc1. The lowest BCUT2D eigenvalue weighted by molar-refractivity contribution is -0.120. The topological polar surface area (TPSA) is 36.1 Å². The first kappa shape index (κ1) is 18.9. The Morgan fingerprint density at radius 2 is 1.86 bits per heavy atom. The second kappa shape index (κ2) is 6.85. The minimum Gasteiger partial charge on any atom is -0.355 e. The first-order valence-electron chi connectivity index (χ1n) is 9.04. The first-order chi connectivity index (χ1) is 13.3. The predicted octanol–water partition coefficient (Wildman–Crippen LogP) is 5.80. The molecule has 28 heavy (non-hydrogen) atoms. The van der Waals surface area contributed by atoms with Crippen molar-refractivity contribution in [2.24, 2.45) is 0 Å². The average molecular weight is 407 g/mol. The maximum Gasteiger partial charge on any atom is 0.405 e. The third kappa shape index (κ3) is 3.15. The third-order valence-corrected chi connectivity index (χ3v) is 5.60. The van der Waals surface area contributed by atoms with Gasteiger partial charge in [-0.2, -0.15) is 13.2 Å². The van der Waals surface area contributed by atoms with E-state index in [1.54, 1.807) is 12.1 Å². The van der Waals surface area contributed by atoms with Gasteiger partial charge < -0.3 is 9.88 Å². The Bertz CT molecular complexity index is 1080. The molecule has 0 spiro atoms.